The maximum atomic E-state index is 7.31. The van der Waals surface area contributed by atoms with Gasteiger partial charge in [-0.25, -0.2) is 0 Å². The van der Waals surface area contributed by atoms with Crippen LogP contribution in [0.1, 0.15) is 25.0 Å². The maximum absolute atomic E-state index is 7.31. The molecule has 0 aliphatic carbocycles. The highest BCUT2D eigenvalue weighted by molar-refractivity contribution is 8.14. The first-order chi connectivity index (χ1) is 6.83. The number of nitrogens with one attached hydrogen (secondary N) is 1. The molecule has 4 heteroatoms. The minimum Gasteiger partial charge on any atom is -0.398 e. The van der Waals surface area contributed by atoms with Crippen molar-refractivity contribution in [3.8, 4) is 0 Å². The average molecular weight is 223 g/mol. The molecule has 0 aliphatic rings. The number of hydrogen-bond acceptors (Lipinski definition) is 3. The van der Waals surface area contributed by atoms with Crippen molar-refractivity contribution in [3.05, 3.63) is 29.3 Å². The van der Waals surface area contributed by atoms with Gasteiger partial charge < -0.3 is 11.5 Å². The van der Waals surface area contributed by atoms with Crippen LogP contribution in [0.5, 0.6) is 0 Å². The fraction of sp³-hybridized carbons (Fsp3) is 0.364. The van der Waals surface area contributed by atoms with Gasteiger partial charge in [-0.3, -0.25) is 5.41 Å². The predicted octanol–water partition coefficient (Wildman–Crippen LogP) is 2.44. The number of rotatable bonds is 2. The van der Waals surface area contributed by atoms with Crippen LogP contribution >= 0.6 is 11.8 Å². The Kier molecular flexibility index (Phi) is 3.29. The van der Waals surface area contributed by atoms with Gasteiger partial charge in [0.25, 0.3) is 0 Å². The summed E-state index contributed by atoms with van der Waals surface area (Å²) in [5.41, 5.74) is 14.3. The molecule has 0 aromatic heterocycles. The zero-order valence-electron chi connectivity index (χ0n) is 9.29. The monoisotopic (exact) mass is 223 g/mol. The lowest BCUT2D eigenvalue weighted by Crippen LogP contribution is -2.20. The Morgan fingerprint density at radius 3 is 2.47 bits per heavy atom. The summed E-state index contributed by atoms with van der Waals surface area (Å²) in [7, 11) is 0. The quantitative estimate of drug-likeness (QED) is 0.409. The van der Waals surface area contributed by atoms with Gasteiger partial charge in [-0.05, 0) is 38.0 Å². The molecule has 1 aromatic carbocycles. The molecule has 0 spiro atoms. The summed E-state index contributed by atoms with van der Waals surface area (Å²) in [4.78, 5) is 0. The standard InChI is InChI=1S/C11H17N3S/c1-7-4-5-8(9(12)6-7)11(2,3)15-10(13)14/h4-6H,12H2,1-3H3,(H3,13,14). The minimum atomic E-state index is -0.260. The molecule has 1 aromatic rings. The van der Waals surface area contributed by atoms with E-state index in [-0.39, 0.29) is 9.91 Å². The summed E-state index contributed by atoms with van der Waals surface area (Å²) in [6.45, 7) is 6.03. The molecule has 0 heterocycles. The number of hydrogen-bond donors (Lipinski definition) is 3. The summed E-state index contributed by atoms with van der Waals surface area (Å²) < 4.78 is -0.260. The van der Waals surface area contributed by atoms with Gasteiger partial charge in [-0.1, -0.05) is 23.9 Å². The number of nitrogen functional groups attached to an aromatic ring is 1. The van der Waals surface area contributed by atoms with E-state index in [9.17, 15) is 0 Å². The Bertz CT molecular complexity index is 385. The first-order valence-corrected chi connectivity index (χ1v) is 5.54. The van der Waals surface area contributed by atoms with E-state index >= 15 is 0 Å². The van der Waals surface area contributed by atoms with E-state index in [1.807, 2.05) is 39.0 Å². The topological polar surface area (TPSA) is 75.9 Å². The van der Waals surface area contributed by atoms with Gasteiger partial charge in [-0.15, -0.1) is 0 Å². The van der Waals surface area contributed by atoms with Gasteiger partial charge >= 0.3 is 0 Å². The molecule has 82 valence electrons. The smallest absolute Gasteiger partial charge is 0.151 e. The van der Waals surface area contributed by atoms with Crippen molar-refractivity contribution >= 4 is 22.6 Å². The summed E-state index contributed by atoms with van der Waals surface area (Å²) in [6.07, 6.45) is 0. The third kappa shape index (κ3) is 2.89. The van der Waals surface area contributed by atoms with E-state index in [2.05, 4.69) is 0 Å². The molecule has 0 saturated heterocycles. The van der Waals surface area contributed by atoms with Crippen LogP contribution in [-0.4, -0.2) is 5.17 Å². The van der Waals surface area contributed by atoms with Crippen molar-refractivity contribution in [2.24, 2.45) is 5.73 Å². The number of nitrogens with two attached hydrogens (primary N) is 2. The summed E-state index contributed by atoms with van der Waals surface area (Å²) in [5, 5.41) is 7.42. The molecule has 5 N–H and O–H groups in total. The van der Waals surface area contributed by atoms with E-state index in [0.29, 0.717) is 0 Å². The van der Waals surface area contributed by atoms with Gasteiger partial charge in [0.05, 0.1) is 0 Å². The van der Waals surface area contributed by atoms with Crippen molar-refractivity contribution in [3.63, 3.8) is 0 Å². The van der Waals surface area contributed by atoms with Gasteiger partial charge in [0.2, 0.25) is 0 Å². The number of anilines is 1. The zero-order chi connectivity index (χ0) is 11.6. The Hall–Kier alpha value is -1.16. The molecule has 0 radical (unpaired) electrons. The van der Waals surface area contributed by atoms with Crippen LogP contribution in [0.2, 0.25) is 0 Å². The summed E-state index contributed by atoms with van der Waals surface area (Å²) in [6, 6.07) is 5.96. The van der Waals surface area contributed by atoms with Crippen LogP contribution in [0, 0.1) is 12.3 Å². The second-order valence-corrected chi connectivity index (χ2v) is 5.73. The highest BCUT2D eigenvalue weighted by Gasteiger charge is 2.24. The molecule has 0 amide bonds. The second kappa shape index (κ2) is 4.14. The van der Waals surface area contributed by atoms with Gasteiger partial charge in [0.15, 0.2) is 5.17 Å². The van der Waals surface area contributed by atoms with Crippen molar-refractivity contribution < 1.29 is 0 Å². The van der Waals surface area contributed by atoms with Crippen LogP contribution < -0.4 is 11.5 Å². The van der Waals surface area contributed by atoms with Crippen LogP contribution in [0.15, 0.2) is 18.2 Å². The molecule has 1 rings (SSSR count). The Labute approximate surface area is 94.7 Å². The van der Waals surface area contributed by atoms with E-state index in [0.717, 1.165) is 16.8 Å². The molecule has 0 aliphatic heterocycles. The predicted molar refractivity (Wildman–Crippen MR) is 68.1 cm³/mol. The van der Waals surface area contributed by atoms with Gasteiger partial charge in [0.1, 0.15) is 0 Å². The second-order valence-electron chi connectivity index (χ2n) is 4.07. The highest BCUT2D eigenvalue weighted by atomic mass is 32.2. The van der Waals surface area contributed by atoms with Crippen molar-refractivity contribution in [2.45, 2.75) is 25.5 Å². The maximum Gasteiger partial charge on any atom is 0.151 e. The largest absolute Gasteiger partial charge is 0.398 e. The van der Waals surface area contributed by atoms with E-state index in [1.54, 1.807) is 0 Å². The lowest BCUT2D eigenvalue weighted by atomic mass is 9.99. The third-order valence-corrected chi connectivity index (χ3v) is 3.17. The molecule has 15 heavy (non-hydrogen) atoms. The lowest BCUT2D eigenvalue weighted by molar-refractivity contribution is 0.790. The summed E-state index contributed by atoms with van der Waals surface area (Å²) in [5.74, 6) is 0. The molecule has 3 nitrogen and oxygen atoms in total. The van der Waals surface area contributed by atoms with Crippen molar-refractivity contribution in [1.29, 1.82) is 5.41 Å². The van der Waals surface area contributed by atoms with Crippen LogP contribution in [0.3, 0.4) is 0 Å². The third-order valence-electron chi connectivity index (χ3n) is 2.22. The Morgan fingerprint density at radius 2 is 2.00 bits per heavy atom. The first kappa shape index (κ1) is 11.9. The van der Waals surface area contributed by atoms with E-state index < -0.39 is 0 Å². The number of amidine groups is 1. The fourth-order valence-electron chi connectivity index (χ4n) is 1.56. The normalized spacial score (nSPS) is 11.4. The van der Waals surface area contributed by atoms with Crippen LogP contribution in [0.25, 0.3) is 0 Å². The molecule has 0 unspecified atom stereocenters. The first-order valence-electron chi connectivity index (χ1n) is 4.72. The van der Waals surface area contributed by atoms with Crippen LogP contribution in [-0.2, 0) is 4.75 Å². The summed E-state index contributed by atoms with van der Waals surface area (Å²) >= 11 is 1.31. The fourth-order valence-corrected chi connectivity index (χ4v) is 2.41. The molecular weight excluding hydrogens is 206 g/mol. The number of benzene rings is 1. The van der Waals surface area contributed by atoms with Crippen molar-refractivity contribution in [2.75, 3.05) is 5.73 Å². The average Bonchev–Trinajstić information content (AvgIpc) is 1.99. The molecule has 0 bridgehead atoms. The highest BCUT2D eigenvalue weighted by Crippen LogP contribution is 2.38. The van der Waals surface area contributed by atoms with E-state index in [1.165, 1.54) is 11.8 Å². The molecule has 0 atom stereocenters. The Balaban J connectivity index is 3.09. The molecular formula is C11H17N3S. The SMILES string of the molecule is Cc1ccc(C(C)(C)SC(=N)N)c(N)c1. The lowest BCUT2D eigenvalue weighted by Gasteiger charge is -2.25. The molecule has 0 fully saturated rings. The zero-order valence-corrected chi connectivity index (χ0v) is 10.1. The number of thioether (sulfide) groups is 1. The van der Waals surface area contributed by atoms with E-state index in [4.69, 9.17) is 16.9 Å². The molecule has 0 saturated carbocycles. The Morgan fingerprint density at radius 1 is 1.40 bits per heavy atom. The number of aryl methyl sites for hydroxylation is 1. The van der Waals surface area contributed by atoms with Crippen molar-refractivity contribution in [1.82, 2.24) is 0 Å². The van der Waals surface area contributed by atoms with Gasteiger partial charge in [-0.2, -0.15) is 0 Å². The minimum absolute atomic E-state index is 0.111. The van der Waals surface area contributed by atoms with Crippen LogP contribution in [0.4, 0.5) is 5.69 Å². The van der Waals surface area contributed by atoms with Gasteiger partial charge in [0, 0.05) is 10.4 Å².